The zero-order valence-electron chi connectivity index (χ0n) is 7.64. The van der Waals surface area contributed by atoms with E-state index in [-0.39, 0.29) is 0 Å². The zero-order valence-corrected chi connectivity index (χ0v) is 8.46. The molecule has 0 unspecified atom stereocenters. The molecule has 0 aliphatic heterocycles. The summed E-state index contributed by atoms with van der Waals surface area (Å²) in [4.78, 5) is 0. The fourth-order valence-corrected chi connectivity index (χ4v) is 2.96. The van der Waals surface area contributed by atoms with E-state index in [1.165, 1.54) is 50.7 Å². The Morgan fingerprint density at radius 2 is 1.55 bits per heavy atom. The van der Waals surface area contributed by atoms with E-state index in [0.717, 1.165) is 5.25 Å². The van der Waals surface area contributed by atoms with Crippen molar-refractivity contribution in [3.8, 4) is 0 Å². The molecule has 0 saturated heterocycles. The molecule has 0 heterocycles. The van der Waals surface area contributed by atoms with Crippen molar-refractivity contribution in [2.45, 2.75) is 57.1 Å². The van der Waals surface area contributed by atoms with Gasteiger partial charge < -0.3 is 0 Å². The van der Waals surface area contributed by atoms with Gasteiger partial charge in [-0.2, -0.15) is 11.8 Å². The second kappa shape index (κ2) is 5.93. The molecular formula is C10H20S. The average molecular weight is 172 g/mol. The molecule has 1 heteroatoms. The fraction of sp³-hybridized carbons (Fsp3) is 1.00. The summed E-state index contributed by atoms with van der Waals surface area (Å²) in [6, 6.07) is 0. The van der Waals surface area contributed by atoms with E-state index in [0.29, 0.717) is 0 Å². The van der Waals surface area contributed by atoms with Crippen LogP contribution in [0.4, 0.5) is 0 Å². The van der Waals surface area contributed by atoms with E-state index < -0.39 is 0 Å². The molecule has 0 spiro atoms. The maximum Gasteiger partial charge on any atom is 0.00469 e. The van der Waals surface area contributed by atoms with Gasteiger partial charge in [0.25, 0.3) is 0 Å². The average Bonchev–Trinajstić information content (AvgIpc) is 1.94. The Hall–Kier alpha value is 0.350. The quantitative estimate of drug-likeness (QED) is 0.609. The molecule has 1 fully saturated rings. The maximum absolute atomic E-state index is 2.28. The molecule has 0 aromatic heterocycles. The van der Waals surface area contributed by atoms with Crippen LogP contribution >= 0.6 is 11.8 Å². The molecule has 1 rings (SSSR count). The third-order valence-electron chi connectivity index (χ3n) is 2.45. The molecule has 1 saturated carbocycles. The summed E-state index contributed by atoms with van der Waals surface area (Å²) in [6.07, 6.45) is 10.4. The summed E-state index contributed by atoms with van der Waals surface area (Å²) >= 11 is 2.17. The monoisotopic (exact) mass is 172 g/mol. The minimum absolute atomic E-state index is 1.00. The first-order chi connectivity index (χ1) is 5.43. The first-order valence-electron chi connectivity index (χ1n) is 5.05. The predicted molar refractivity (Wildman–Crippen MR) is 54.2 cm³/mol. The van der Waals surface area contributed by atoms with Gasteiger partial charge >= 0.3 is 0 Å². The van der Waals surface area contributed by atoms with Crippen LogP contribution in [0.5, 0.6) is 0 Å². The van der Waals surface area contributed by atoms with Crippen LogP contribution in [0.15, 0.2) is 0 Å². The minimum Gasteiger partial charge on any atom is -0.159 e. The van der Waals surface area contributed by atoms with Crippen molar-refractivity contribution in [1.29, 1.82) is 0 Å². The van der Waals surface area contributed by atoms with Gasteiger partial charge in [-0.25, -0.2) is 0 Å². The summed E-state index contributed by atoms with van der Waals surface area (Å²) in [6.45, 7) is 2.28. The summed E-state index contributed by atoms with van der Waals surface area (Å²) in [7, 11) is 0. The lowest BCUT2D eigenvalue weighted by molar-refractivity contribution is 0.513. The summed E-state index contributed by atoms with van der Waals surface area (Å²) < 4.78 is 0. The second-order valence-electron chi connectivity index (χ2n) is 3.42. The lowest BCUT2D eigenvalue weighted by Gasteiger charge is -2.17. The molecule has 11 heavy (non-hydrogen) atoms. The Balaban J connectivity index is 2.15. The van der Waals surface area contributed by atoms with Crippen molar-refractivity contribution in [2.24, 2.45) is 0 Å². The first-order valence-corrected chi connectivity index (χ1v) is 6.10. The van der Waals surface area contributed by atoms with Gasteiger partial charge in [-0.1, -0.05) is 39.0 Å². The molecule has 0 aromatic rings. The van der Waals surface area contributed by atoms with E-state index in [1.807, 2.05) is 0 Å². The SMILES string of the molecule is CCSC1CCCCCCC1. The molecular weight excluding hydrogens is 152 g/mol. The van der Waals surface area contributed by atoms with Crippen LogP contribution in [0.2, 0.25) is 0 Å². The van der Waals surface area contributed by atoms with E-state index in [9.17, 15) is 0 Å². The Morgan fingerprint density at radius 1 is 1.00 bits per heavy atom. The molecule has 0 bridgehead atoms. The van der Waals surface area contributed by atoms with Gasteiger partial charge in [-0.15, -0.1) is 0 Å². The predicted octanol–water partition coefficient (Wildman–Crippen LogP) is 3.85. The van der Waals surface area contributed by atoms with Gasteiger partial charge in [-0.3, -0.25) is 0 Å². The van der Waals surface area contributed by atoms with Crippen LogP contribution in [-0.2, 0) is 0 Å². The first kappa shape index (κ1) is 9.44. The van der Waals surface area contributed by atoms with Gasteiger partial charge in [0.2, 0.25) is 0 Å². The van der Waals surface area contributed by atoms with Crippen LogP contribution < -0.4 is 0 Å². The third kappa shape index (κ3) is 4.05. The second-order valence-corrected chi connectivity index (χ2v) is 5.00. The highest BCUT2D eigenvalue weighted by Gasteiger charge is 2.09. The number of hydrogen-bond donors (Lipinski definition) is 0. The molecule has 0 radical (unpaired) electrons. The summed E-state index contributed by atoms with van der Waals surface area (Å²) in [5, 5.41) is 1.00. The van der Waals surface area contributed by atoms with E-state index in [4.69, 9.17) is 0 Å². The van der Waals surface area contributed by atoms with Gasteiger partial charge in [0.15, 0.2) is 0 Å². The molecule has 1 aliphatic carbocycles. The Kier molecular flexibility index (Phi) is 5.09. The number of rotatable bonds is 2. The molecule has 66 valence electrons. The number of thioether (sulfide) groups is 1. The van der Waals surface area contributed by atoms with Gasteiger partial charge in [0.05, 0.1) is 0 Å². The van der Waals surface area contributed by atoms with Gasteiger partial charge in [0.1, 0.15) is 0 Å². The standard InChI is InChI=1S/C10H20S/c1-2-11-10-8-6-4-3-5-7-9-10/h10H,2-9H2,1H3. The lowest BCUT2D eigenvalue weighted by atomic mass is 10.0. The van der Waals surface area contributed by atoms with Crippen molar-refractivity contribution in [1.82, 2.24) is 0 Å². The van der Waals surface area contributed by atoms with Crippen LogP contribution in [0.25, 0.3) is 0 Å². The van der Waals surface area contributed by atoms with Crippen molar-refractivity contribution < 1.29 is 0 Å². The van der Waals surface area contributed by atoms with Crippen LogP contribution in [0, 0.1) is 0 Å². The molecule has 0 atom stereocenters. The highest BCUT2D eigenvalue weighted by Crippen LogP contribution is 2.26. The van der Waals surface area contributed by atoms with Gasteiger partial charge in [-0.05, 0) is 18.6 Å². The van der Waals surface area contributed by atoms with Crippen LogP contribution in [-0.4, -0.2) is 11.0 Å². The number of hydrogen-bond acceptors (Lipinski definition) is 1. The Morgan fingerprint density at radius 3 is 2.09 bits per heavy atom. The fourth-order valence-electron chi connectivity index (χ4n) is 1.82. The van der Waals surface area contributed by atoms with Crippen molar-refractivity contribution in [3.05, 3.63) is 0 Å². The molecule has 0 N–H and O–H groups in total. The molecule has 0 aromatic carbocycles. The van der Waals surface area contributed by atoms with Crippen molar-refractivity contribution >= 4 is 11.8 Å². The molecule has 1 aliphatic rings. The topological polar surface area (TPSA) is 0 Å². The summed E-state index contributed by atoms with van der Waals surface area (Å²) in [5.41, 5.74) is 0. The summed E-state index contributed by atoms with van der Waals surface area (Å²) in [5.74, 6) is 1.31. The smallest absolute Gasteiger partial charge is 0.00469 e. The van der Waals surface area contributed by atoms with Crippen LogP contribution in [0.1, 0.15) is 51.9 Å². The largest absolute Gasteiger partial charge is 0.159 e. The molecule has 0 amide bonds. The van der Waals surface area contributed by atoms with Gasteiger partial charge in [0, 0.05) is 5.25 Å². The normalized spacial score (nSPS) is 22.6. The van der Waals surface area contributed by atoms with Crippen molar-refractivity contribution in [3.63, 3.8) is 0 Å². The van der Waals surface area contributed by atoms with Crippen molar-refractivity contribution in [2.75, 3.05) is 5.75 Å². The zero-order chi connectivity index (χ0) is 7.94. The Labute approximate surface area is 75.1 Å². The third-order valence-corrected chi connectivity index (χ3v) is 3.73. The molecule has 0 nitrogen and oxygen atoms in total. The highest BCUT2D eigenvalue weighted by atomic mass is 32.2. The Bertz CT molecular complexity index is 82.9. The van der Waals surface area contributed by atoms with E-state index in [1.54, 1.807) is 0 Å². The maximum atomic E-state index is 2.28. The van der Waals surface area contributed by atoms with E-state index >= 15 is 0 Å². The lowest BCUT2D eigenvalue weighted by Crippen LogP contribution is -2.05. The highest BCUT2D eigenvalue weighted by molar-refractivity contribution is 7.99. The minimum atomic E-state index is 1.00. The van der Waals surface area contributed by atoms with E-state index in [2.05, 4.69) is 18.7 Å². The van der Waals surface area contributed by atoms with Crippen LogP contribution in [0.3, 0.4) is 0 Å².